The van der Waals surface area contributed by atoms with Gasteiger partial charge in [0, 0.05) is 24.7 Å². The molecule has 5 heteroatoms. The lowest BCUT2D eigenvalue weighted by atomic mass is 10.0. The summed E-state index contributed by atoms with van der Waals surface area (Å²) in [5.74, 6) is -1.31. The molecule has 19 heavy (non-hydrogen) atoms. The number of nitrogens with two attached hydrogens (primary N) is 1. The molecule has 1 heterocycles. The van der Waals surface area contributed by atoms with E-state index in [0.717, 1.165) is 6.42 Å². The van der Waals surface area contributed by atoms with Gasteiger partial charge < -0.3 is 10.6 Å². The van der Waals surface area contributed by atoms with Gasteiger partial charge in [-0.25, -0.2) is 8.78 Å². The van der Waals surface area contributed by atoms with E-state index in [9.17, 15) is 13.6 Å². The molecule has 1 aromatic rings. The van der Waals surface area contributed by atoms with Gasteiger partial charge in [-0.2, -0.15) is 0 Å². The van der Waals surface area contributed by atoms with Crippen molar-refractivity contribution in [3.63, 3.8) is 0 Å². The Morgan fingerprint density at radius 1 is 1.47 bits per heavy atom. The molecule has 1 fully saturated rings. The fraction of sp³-hybridized carbons (Fsp3) is 0.500. The van der Waals surface area contributed by atoms with Crippen LogP contribution in [0.1, 0.15) is 18.9 Å². The van der Waals surface area contributed by atoms with E-state index in [1.165, 1.54) is 18.2 Å². The topological polar surface area (TPSA) is 46.3 Å². The molecule has 1 amide bonds. The van der Waals surface area contributed by atoms with Crippen molar-refractivity contribution in [1.82, 2.24) is 4.90 Å². The quantitative estimate of drug-likeness (QED) is 0.907. The first-order valence-corrected chi connectivity index (χ1v) is 6.45. The van der Waals surface area contributed by atoms with Gasteiger partial charge in [-0.3, -0.25) is 4.79 Å². The van der Waals surface area contributed by atoms with Crippen LogP contribution in [-0.2, 0) is 11.2 Å². The lowest BCUT2D eigenvalue weighted by Gasteiger charge is -2.18. The number of likely N-dealkylation sites (tertiary alicyclic amines) is 1. The molecule has 0 spiro atoms. The van der Waals surface area contributed by atoms with Crippen molar-refractivity contribution in [1.29, 1.82) is 0 Å². The number of carbonyl (C=O) groups excluding carboxylic acids is 1. The monoisotopic (exact) mass is 268 g/mol. The Bertz CT molecular complexity index is 456. The van der Waals surface area contributed by atoms with Gasteiger partial charge in [-0.05, 0) is 31.4 Å². The van der Waals surface area contributed by atoms with E-state index in [-0.39, 0.29) is 29.9 Å². The standard InChI is InChI=1S/C14H18F2N2O/c1-9(17)10-5-6-18(8-10)14(19)7-11-12(15)3-2-4-13(11)16/h2-4,9-10H,5-8,17H2,1H3. The van der Waals surface area contributed by atoms with Gasteiger partial charge in [0.2, 0.25) is 5.91 Å². The molecule has 0 radical (unpaired) electrons. The molecule has 104 valence electrons. The van der Waals surface area contributed by atoms with E-state index < -0.39 is 11.6 Å². The van der Waals surface area contributed by atoms with Gasteiger partial charge in [0.05, 0.1) is 6.42 Å². The third-order valence-corrected chi connectivity index (χ3v) is 3.71. The average molecular weight is 268 g/mol. The Morgan fingerprint density at radius 3 is 2.63 bits per heavy atom. The average Bonchev–Trinajstić information content (AvgIpc) is 2.83. The highest BCUT2D eigenvalue weighted by molar-refractivity contribution is 5.79. The normalized spacial score (nSPS) is 20.6. The van der Waals surface area contributed by atoms with Crippen molar-refractivity contribution >= 4 is 5.91 Å². The Balaban J connectivity index is 2.02. The molecular formula is C14H18F2N2O. The van der Waals surface area contributed by atoms with E-state index in [4.69, 9.17) is 5.73 Å². The Hall–Kier alpha value is -1.49. The summed E-state index contributed by atoms with van der Waals surface area (Å²) in [6.45, 7) is 3.10. The second-order valence-electron chi connectivity index (χ2n) is 5.12. The zero-order valence-electron chi connectivity index (χ0n) is 10.9. The number of halogens is 2. The molecule has 2 unspecified atom stereocenters. The van der Waals surface area contributed by atoms with Crippen LogP contribution in [0.3, 0.4) is 0 Å². The fourth-order valence-electron chi connectivity index (χ4n) is 2.41. The van der Waals surface area contributed by atoms with E-state index >= 15 is 0 Å². The predicted octanol–water partition coefficient (Wildman–Crippen LogP) is 1.70. The third kappa shape index (κ3) is 3.10. The van der Waals surface area contributed by atoms with Gasteiger partial charge >= 0.3 is 0 Å². The van der Waals surface area contributed by atoms with Crippen molar-refractivity contribution in [3.8, 4) is 0 Å². The minimum absolute atomic E-state index is 0.0306. The van der Waals surface area contributed by atoms with E-state index in [2.05, 4.69) is 0 Å². The number of nitrogens with zero attached hydrogens (tertiary/aromatic N) is 1. The van der Waals surface area contributed by atoms with Crippen LogP contribution in [0, 0.1) is 17.6 Å². The minimum atomic E-state index is -0.670. The number of benzene rings is 1. The number of hydrogen-bond donors (Lipinski definition) is 1. The summed E-state index contributed by atoms with van der Waals surface area (Å²) in [5.41, 5.74) is 5.65. The van der Waals surface area contributed by atoms with Gasteiger partial charge in [0.15, 0.2) is 0 Å². The van der Waals surface area contributed by atoms with Crippen molar-refractivity contribution in [3.05, 3.63) is 35.4 Å². The molecule has 3 nitrogen and oxygen atoms in total. The number of hydrogen-bond acceptors (Lipinski definition) is 2. The lowest BCUT2D eigenvalue weighted by molar-refractivity contribution is -0.129. The highest BCUT2D eigenvalue weighted by Crippen LogP contribution is 2.21. The molecule has 2 rings (SSSR count). The fourth-order valence-corrected chi connectivity index (χ4v) is 2.41. The molecule has 1 aliphatic heterocycles. The second kappa shape index (κ2) is 5.65. The smallest absolute Gasteiger partial charge is 0.227 e. The molecule has 0 saturated carbocycles. The van der Waals surface area contributed by atoms with Crippen molar-refractivity contribution < 1.29 is 13.6 Å². The molecule has 0 aromatic heterocycles. The van der Waals surface area contributed by atoms with Crippen LogP contribution in [-0.4, -0.2) is 29.9 Å². The van der Waals surface area contributed by atoms with Crippen molar-refractivity contribution in [2.75, 3.05) is 13.1 Å². The maximum absolute atomic E-state index is 13.5. The molecule has 1 aliphatic rings. The van der Waals surface area contributed by atoms with Crippen LogP contribution in [0.5, 0.6) is 0 Å². The summed E-state index contributed by atoms with van der Waals surface area (Å²) in [4.78, 5) is 13.7. The van der Waals surface area contributed by atoms with Crippen LogP contribution in [0.2, 0.25) is 0 Å². The number of rotatable bonds is 3. The summed E-state index contributed by atoms with van der Waals surface area (Å²) in [5, 5.41) is 0. The van der Waals surface area contributed by atoms with Gasteiger partial charge in [0.25, 0.3) is 0 Å². The Labute approximate surface area is 111 Å². The van der Waals surface area contributed by atoms with E-state index in [0.29, 0.717) is 13.1 Å². The molecule has 2 N–H and O–H groups in total. The highest BCUT2D eigenvalue weighted by Gasteiger charge is 2.29. The maximum atomic E-state index is 13.5. The van der Waals surface area contributed by atoms with Crippen molar-refractivity contribution in [2.45, 2.75) is 25.8 Å². The summed E-state index contributed by atoms with van der Waals surface area (Å²) in [6.07, 6.45) is 0.618. The molecule has 1 aromatic carbocycles. The number of carbonyl (C=O) groups is 1. The Morgan fingerprint density at radius 2 is 2.11 bits per heavy atom. The maximum Gasteiger partial charge on any atom is 0.227 e. The zero-order valence-corrected chi connectivity index (χ0v) is 10.9. The van der Waals surface area contributed by atoms with Crippen LogP contribution in [0.25, 0.3) is 0 Å². The number of amides is 1. The molecule has 0 bridgehead atoms. The molecular weight excluding hydrogens is 250 g/mol. The minimum Gasteiger partial charge on any atom is -0.342 e. The molecule has 0 aliphatic carbocycles. The van der Waals surface area contributed by atoms with E-state index in [1.54, 1.807) is 4.90 Å². The third-order valence-electron chi connectivity index (χ3n) is 3.71. The highest BCUT2D eigenvalue weighted by atomic mass is 19.1. The van der Waals surface area contributed by atoms with Crippen molar-refractivity contribution in [2.24, 2.45) is 11.7 Å². The lowest BCUT2D eigenvalue weighted by Crippen LogP contribution is -2.34. The predicted molar refractivity (Wildman–Crippen MR) is 68.4 cm³/mol. The van der Waals surface area contributed by atoms with Gasteiger partial charge in [-0.1, -0.05) is 6.07 Å². The Kier molecular flexibility index (Phi) is 4.14. The summed E-state index contributed by atoms with van der Waals surface area (Å²) >= 11 is 0. The van der Waals surface area contributed by atoms with E-state index in [1.807, 2.05) is 6.92 Å². The first-order valence-electron chi connectivity index (χ1n) is 6.45. The summed E-state index contributed by atoms with van der Waals surface area (Å²) in [7, 11) is 0. The SMILES string of the molecule is CC(N)C1CCN(C(=O)Cc2c(F)cccc2F)C1. The largest absolute Gasteiger partial charge is 0.342 e. The van der Waals surface area contributed by atoms with Gasteiger partial charge in [0.1, 0.15) is 11.6 Å². The summed E-state index contributed by atoms with van der Waals surface area (Å²) in [6, 6.07) is 3.66. The molecule has 2 atom stereocenters. The molecule has 1 saturated heterocycles. The first-order chi connectivity index (χ1) is 8.99. The van der Waals surface area contributed by atoms with Crippen LogP contribution >= 0.6 is 0 Å². The first kappa shape index (κ1) is 13.9. The van der Waals surface area contributed by atoms with Crippen LogP contribution < -0.4 is 5.73 Å². The second-order valence-corrected chi connectivity index (χ2v) is 5.12. The zero-order chi connectivity index (χ0) is 14.0. The van der Waals surface area contributed by atoms with Crippen LogP contribution in [0.15, 0.2) is 18.2 Å². The summed E-state index contributed by atoms with van der Waals surface area (Å²) < 4.78 is 26.9. The van der Waals surface area contributed by atoms with Gasteiger partial charge in [-0.15, -0.1) is 0 Å². The van der Waals surface area contributed by atoms with Crippen LogP contribution in [0.4, 0.5) is 8.78 Å².